The van der Waals surface area contributed by atoms with Gasteiger partial charge in [0.2, 0.25) is 0 Å². The summed E-state index contributed by atoms with van der Waals surface area (Å²) < 4.78 is 1.18. The molecule has 0 aliphatic heterocycles. The van der Waals surface area contributed by atoms with E-state index in [9.17, 15) is 0 Å². The Balaban J connectivity index is 2.06. The van der Waals surface area contributed by atoms with Gasteiger partial charge in [-0.05, 0) is 52.7 Å². The summed E-state index contributed by atoms with van der Waals surface area (Å²) in [5, 5.41) is 0. The van der Waals surface area contributed by atoms with Crippen LogP contribution in [0.5, 0.6) is 0 Å². The molecule has 0 spiro atoms. The largest absolute Gasteiger partial charge is 0.323 e. The van der Waals surface area contributed by atoms with Gasteiger partial charge in [-0.3, -0.25) is 0 Å². The van der Waals surface area contributed by atoms with Gasteiger partial charge in [0.1, 0.15) is 0 Å². The minimum atomic E-state index is 0.240. The van der Waals surface area contributed by atoms with Crippen molar-refractivity contribution in [3.63, 3.8) is 0 Å². The molecule has 1 aliphatic rings. The zero-order chi connectivity index (χ0) is 9.42. The van der Waals surface area contributed by atoms with E-state index in [1.165, 1.54) is 21.5 Å². The second-order valence-electron chi connectivity index (χ2n) is 3.86. The van der Waals surface area contributed by atoms with Crippen molar-refractivity contribution in [2.24, 2.45) is 17.6 Å². The normalized spacial score (nSPS) is 21.5. The Labute approximate surface area is 91.5 Å². The van der Waals surface area contributed by atoms with Crippen LogP contribution in [0.3, 0.4) is 0 Å². The molecule has 3 heteroatoms. The Hall–Kier alpha value is 0.140. The van der Waals surface area contributed by atoms with Gasteiger partial charge in [0.15, 0.2) is 0 Å². The number of halogens is 1. The first-order valence-electron chi connectivity index (χ1n) is 4.69. The molecule has 1 fully saturated rings. The second kappa shape index (κ2) is 3.71. The molecule has 0 saturated heterocycles. The summed E-state index contributed by atoms with van der Waals surface area (Å²) in [6.45, 7) is 2.27. The van der Waals surface area contributed by atoms with Crippen molar-refractivity contribution in [3.8, 4) is 0 Å². The van der Waals surface area contributed by atoms with E-state index >= 15 is 0 Å². The van der Waals surface area contributed by atoms with E-state index in [1.54, 1.807) is 11.3 Å². The number of rotatable bonds is 3. The Kier molecular flexibility index (Phi) is 2.77. The van der Waals surface area contributed by atoms with Crippen LogP contribution in [0.15, 0.2) is 15.9 Å². The lowest BCUT2D eigenvalue weighted by atomic mass is 9.96. The molecular formula is C10H14BrNS. The first kappa shape index (κ1) is 9.69. The molecule has 0 bridgehead atoms. The fraction of sp³-hybridized carbons (Fsp3) is 0.600. The lowest BCUT2D eigenvalue weighted by Gasteiger charge is -2.17. The van der Waals surface area contributed by atoms with Gasteiger partial charge >= 0.3 is 0 Å². The molecule has 72 valence electrons. The predicted octanol–water partition coefficient (Wildman–Crippen LogP) is 3.56. The quantitative estimate of drug-likeness (QED) is 0.883. The summed E-state index contributed by atoms with van der Waals surface area (Å²) in [4.78, 5) is 1.31. The smallest absolute Gasteiger partial charge is 0.0701 e. The molecule has 1 aromatic rings. The minimum Gasteiger partial charge on any atom is -0.323 e. The Morgan fingerprint density at radius 3 is 2.69 bits per heavy atom. The Bertz CT molecular complexity index is 293. The van der Waals surface area contributed by atoms with E-state index in [-0.39, 0.29) is 6.04 Å². The molecule has 2 N–H and O–H groups in total. The molecule has 1 nitrogen and oxygen atoms in total. The maximum absolute atomic E-state index is 6.18. The van der Waals surface area contributed by atoms with E-state index in [0.29, 0.717) is 5.92 Å². The van der Waals surface area contributed by atoms with Gasteiger partial charge in [-0.2, -0.15) is 0 Å². The van der Waals surface area contributed by atoms with E-state index in [2.05, 4.69) is 35.0 Å². The number of thiophene rings is 1. The monoisotopic (exact) mass is 259 g/mol. The third-order valence-electron chi connectivity index (χ3n) is 2.85. The third-order valence-corrected chi connectivity index (χ3v) is 4.58. The lowest BCUT2D eigenvalue weighted by molar-refractivity contribution is 0.422. The molecule has 2 unspecified atom stereocenters. The van der Waals surface area contributed by atoms with Crippen LogP contribution in [-0.4, -0.2) is 0 Å². The zero-order valence-corrected chi connectivity index (χ0v) is 10.1. The molecule has 1 heterocycles. The third kappa shape index (κ3) is 2.14. The van der Waals surface area contributed by atoms with Crippen molar-refractivity contribution in [1.29, 1.82) is 0 Å². The van der Waals surface area contributed by atoms with Gasteiger partial charge in [-0.25, -0.2) is 0 Å². The highest BCUT2D eigenvalue weighted by molar-refractivity contribution is 9.11. The Morgan fingerprint density at radius 2 is 2.23 bits per heavy atom. The SMILES string of the molecule is CC(C1CC1)C(N)c1ccc(Br)s1. The minimum absolute atomic E-state index is 0.240. The zero-order valence-electron chi connectivity index (χ0n) is 7.66. The van der Waals surface area contributed by atoms with Gasteiger partial charge < -0.3 is 5.73 Å². The molecule has 2 rings (SSSR count). The van der Waals surface area contributed by atoms with Crippen LogP contribution in [0.25, 0.3) is 0 Å². The first-order chi connectivity index (χ1) is 6.18. The molecule has 0 amide bonds. The molecule has 0 radical (unpaired) electrons. The molecule has 1 saturated carbocycles. The molecule has 1 aromatic heterocycles. The van der Waals surface area contributed by atoms with E-state index in [1.807, 2.05) is 0 Å². The van der Waals surface area contributed by atoms with Gasteiger partial charge in [-0.15, -0.1) is 11.3 Å². The summed E-state index contributed by atoms with van der Waals surface area (Å²) in [5.41, 5.74) is 6.18. The van der Waals surface area contributed by atoms with Crippen LogP contribution in [0, 0.1) is 11.8 Å². The number of nitrogens with two attached hydrogens (primary N) is 1. The number of hydrogen-bond donors (Lipinski definition) is 1. The van der Waals surface area contributed by atoms with Crippen molar-refractivity contribution in [2.75, 3.05) is 0 Å². The standard InChI is InChI=1S/C10H14BrNS/c1-6(7-2-3-7)10(12)8-4-5-9(11)13-8/h4-7,10H,2-3,12H2,1H3. The van der Waals surface area contributed by atoms with Crippen LogP contribution in [-0.2, 0) is 0 Å². The number of hydrogen-bond acceptors (Lipinski definition) is 2. The predicted molar refractivity (Wildman–Crippen MR) is 60.8 cm³/mol. The van der Waals surface area contributed by atoms with Crippen LogP contribution >= 0.6 is 27.3 Å². The van der Waals surface area contributed by atoms with Crippen LogP contribution < -0.4 is 5.73 Å². The van der Waals surface area contributed by atoms with Crippen molar-refractivity contribution < 1.29 is 0 Å². The van der Waals surface area contributed by atoms with Crippen molar-refractivity contribution >= 4 is 27.3 Å². The van der Waals surface area contributed by atoms with E-state index in [4.69, 9.17) is 5.73 Å². The van der Waals surface area contributed by atoms with E-state index in [0.717, 1.165) is 5.92 Å². The fourth-order valence-corrected chi connectivity index (χ4v) is 3.22. The first-order valence-corrected chi connectivity index (χ1v) is 6.30. The van der Waals surface area contributed by atoms with Gasteiger partial charge in [0.25, 0.3) is 0 Å². The van der Waals surface area contributed by atoms with Crippen LogP contribution in [0.2, 0.25) is 0 Å². The summed E-state index contributed by atoms with van der Waals surface area (Å²) in [5.74, 6) is 1.53. The maximum Gasteiger partial charge on any atom is 0.0701 e. The van der Waals surface area contributed by atoms with Crippen molar-refractivity contribution in [2.45, 2.75) is 25.8 Å². The summed E-state index contributed by atoms with van der Waals surface area (Å²) in [7, 11) is 0. The van der Waals surface area contributed by atoms with Gasteiger partial charge in [0, 0.05) is 10.9 Å². The average molecular weight is 260 g/mol. The van der Waals surface area contributed by atoms with Crippen LogP contribution in [0.1, 0.15) is 30.7 Å². The van der Waals surface area contributed by atoms with Gasteiger partial charge in [-0.1, -0.05) is 6.92 Å². The molecule has 2 atom stereocenters. The topological polar surface area (TPSA) is 26.0 Å². The highest BCUT2D eigenvalue weighted by Crippen LogP contribution is 2.43. The van der Waals surface area contributed by atoms with Crippen LogP contribution in [0.4, 0.5) is 0 Å². The highest BCUT2D eigenvalue weighted by Gasteiger charge is 2.32. The maximum atomic E-state index is 6.18. The van der Waals surface area contributed by atoms with Crippen molar-refractivity contribution in [3.05, 3.63) is 20.8 Å². The molecule has 0 aromatic carbocycles. The average Bonchev–Trinajstić information content (AvgIpc) is 2.87. The Morgan fingerprint density at radius 1 is 1.54 bits per heavy atom. The van der Waals surface area contributed by atoms with Crippen molar-refractivity contribution in [1.82, 2.24) is 0 Å². The molecular weight excluding hydrogens is 246 g/mol. The summed E-state index contributed by atoms with van der Waals surface area (Å²) in [6.07, 6.45) is 2.75. The van der Waals surface area contributed by atoms with E-state index < -0.39 is 0 Å². The van der Waals surface area contributed by atoms with Gasteiger partial charge in [0.05, 0.1) is 3.79 Å². The second-order valence-corrected chi connectivity index (χ2v) is 6.36. The molecule has 13 heavy (non-hydrogen) atoms. The lowest BCUT2D eigenvalue weighted by Crippen LogP contribution is -2.19. The summed E-state index contributed by atoms with van der Waals surface area (Å²) >= 11 is 5.23. The fourth-order valence-electron chi connectivity index (χ4n) is 1.68. The summed E-state index contributed by atoms with van der Waals surface area (Å²) in [6, 6.07) is 4.46. The highest BCUT2D eigenvalue weighted by atomic mass is 79.9. The molecule has 1 aliphatic carbocycles.